The zero-order valence-electron chi connectivity index (χ0n) is 15.5. The van der Waals surface area contributed by atoms with Crippen LogP contribution in [-0.2, 0) is 4.79 Å². The van der Waals surface area contributed by atoms with Gasteiger partial charge in [-0.25, -0.2) is 0 Å². The van der Waals surface area contributed by atoms with Crippen molar-refractivity contribution in [3.05, 3.63) is 70.7 Å². The molecule has 4 aromatic rings. The molecule has 0 radical (unpaired) electrons. The van der Waals surface area contributed by atoms with Crippen molar-refractivity contribution in [1.29, 1.82) is 0 Å². The Hall–Kier alpha value is -3.23. The van der Waals surface area contributed by atoms with Gasteiger partial charge in [0.05, 0.1) is 17.0 Å². The lowest BCUT2D eigenvalue weighted by Crippen LogP contribution is -2.23. The number of Topliss-reactive ketones (excluding diaryl/α,β-unsaturated/α-hetero) is 1. The molecule has 0 saturated heterocycles. The third-order valence-electron chi connectivity index (χ3n) is 4.35. The smallest absolute Gasteiger partial charge is 0.298 e. The molecule has 29 heavy (non-hydrogen) atoms. The number of ketones is 1. The Labute approximate surface area is 175 Å². The number of aromatic nitrogens is 3. The lowest BCUT2D eigenvalue weighted by Gasteiger charge is -2.11. The highest BCUT2D eigenvalue weighted by Gasteiger charge is 2.24. The molecule has 0 saturated carbocycles. The van der Waals surface area contributed by atoms with Gasteiger partial charge < -0.3 is 8.98 Å². The number of furan rings is 1. The van der Waals surface area contributed by atoms with Gasteiger partial charge in [-0.15, -0.1) is 10.2 Å². The fourth-order valence-electron chi connectivity index (χ4n) is 3.05. The summed E-state index contributed by atoms with van der Waals surface area (Å²) < 4.78 is 7.10. The maximum absolute atomic E-state index is 12.8. The molecule has 0 unspecified atom stereocenters. The van der Waals surface area contributed by atoms with Gasteiger partial charge in [0, 0.05) is 17.0 Å². The highest BCUT2D eigenvalue weighted by molar-refractivity contribution is 7.18. The summed E-state index contributed by atoms with van der Waals surface area (Å²) in [6.07, 6.45) is 1.52. The van der Waals surface area contributed by atoms with E-state index in [9.17, 15) is 9.59 Å². The van der Waals surface area contributed by atoms with E-state index in [2.05, 4.69) is 15.5 Å². The van der Waals surface area contributed by atoms with Gasteiger partial charge in [0.2, 0.25) is 5.13 Å². The van der Waals surface area contributed by atoms with Crippen molar-refractivity contribution in [2.75, 3.05) is 5.32 Å². The van der Waals surface area contributed by atoms with Crippen LogP contribution < -0.4 is 5.32 Å². The largest absolute Gasteiger partial charge is 0.462 e. The fourth-order valence-corrected chi connectivity index (χ4v) is 3.97. The number of nitrogens with one attached hydrogen (secondary N) is 1. The first-order valence-corrected chi connectivity index (χ1v) is 9.82. The van der Waals surface area contributed by atoms with Crippen LogP contribution in [-0.4, -0.2) is 26.5 Å². The van der Waals surface area contributed by atoms with Crippen molar-refractivity contribution in [3.63, 3.8) is 0 Å². The van der Waals surface area contributed by atoms with E-state index in [1.807, 2.05) is 29.7 Å². The Morgan fingerprint density at radius 3 is 2.66 bits per heavy atom. The molecule has 3 heterocycles. The average molecular weight is 427 g/mol. The Bertz CT molecular complexity index is 1210. The number of anilines is 1. The first-order valence-electron chi connectivity index (χ1n) is 8.62. The topological polar surface area (TPSA) is 90.0 Å². The predicted octanol–water partition coefficient (Wildman–Crippen LogP) is 4.68. The number of hydrogen-bond acceptors (Lipinski definition) is 6. The second kappa shape index (κ2) is 7.65. The molecule has 3 aromatic heterocycles. The van der Waals surface area contributed by atoms with Gasteiger partial charge in [0.15, 0.2) is 10.8 Å². The second-order valence-electron chi connectivity index (χ2n) is 6.24. The van der Waals surface area contributed by atoms with E-state index in [-0.39, 0.29) is 5.13 Å². The molecule has 0 atom stereocenters. The summed E-state index contributed by atoms with van der Waals surface area (Å²) in [4.78, 5) is 25.3. The van der Waals surface area contributed by atoms with E-state index in [1.54, 1.807) is 31.2 Å². The number of nitrogens with zero attached hydrogens (tertiary/aromatic N) is 3. The number of para-hydroxylation sites is 1. The zero-order valence-corrected chi connectivity index (χ0v) is 17.0. The van der Waals surface area contributed by atoms with E-state index in [1.165, 1.54) is 6.26 Å². The van der Waals surface area contributed by atoms with Gasteiger partial charge in [-0.05, 0) is 44.2 Å². The maximum Gasteiger partial charge on any atom is 0.298 e. The summed E-state index contributed by atoms with van der Waals surface area (Å²) in [5.41, 5.74) is 2.47. The molecule has 1 aromatic carbocycles. The molecule has 4 rings (SSSR count). The predicted molar refractivity (Wildman–Crippen MR) is 111 cm³/mol. The summed E-state index contributed by atoms with van der Waals surface area (Å²) in [5.74, 6) is -0.907. The Morgan fingerprint density at radius 1 is 1.14 bits per heavy atom. The van der Waals surface area contributed by atoms with Crippen LogP contribution in [0.15, 0.2) is 53.1 Å². The summed E-state index contributed by atoms with van der Waals surface area (Å²) in [7, 11) is 0. The highest BCUT2D eigenvalue weighted by atomic mass is 35.5. The van der Waals surface area contributed by atoms with E-state index in [4.69, 9.17) is 16.0 Å². The molecule has 0 spiro atoms. The molecule has 0 aliphatic heterocycles. The third kappa shape index (κ3) is 3.59. The van der Waals surface area contributed by atoms with Crippen LogP contribution in [0.1, 0.15) is 21.7 Å². The van der Waals surface area contributed by atoms with Crippen molar-refractivity contribution in [1.82, 2.24) is 14.8 Å². The monoisotopic (exact) mass is 426 g/mol. The summed E-state index contributed by atoms with van der Waals surface area (Å²) in [6.45, 7) is 3.63. The Balaban J connectivity index is 1.58. The molecule has 1 amide bonds. The summed E-state index contributed by atoms with van der Waals surface area (Å²) in [5, 5.41) is 11.6. The van der Waals surface area contributed by atoms with Crippen LogP contribution in [0.2, 0.25) is 5.02 Å². The summed E-state index contributed by atoms with van der Waals surface area (Å²) in [6, 6.07) is 12.5. The molecule has 7 nitrogen and oxygen atoms in total. The van der Waals surface area contributed by atoms with Crippen LogP contribution in [0.3, 0.4) is 0 Å². The van der Waals surface area contributed by atoms with Crippen LogP contribution in [0.4, 0.5) is 5.13 Å². The van der Waals surface area contributed by atoms with Gasteiger partial charge in [0.1, 0.15) is 0 Å². The van der Waals surface area contributed by atoms with Crippen LogP contribution >= 0.6 is 22.9 Å². The number of carbonyl (C=O) groups is 2. The zero-order chi connectivity index (χ0) is 20.5. The third-order valence-corrected chi connectivity index (χ3v) is 5.53. The second-order valence-corrected chi connectivity index (χ2v) is 7.63. The van der Waals surface area contributed by atoms with Crippen molar-refractivity contribution in [3.8, 4) is 16.5 Å². The molecule has 0 bridgehead atoms. The average Bonchev–Trinajstić information content (AvgIpc) is 3.43. The first-order chi connectivity index (χ1) is 14.0. The Kier molecular flexibility index (Phi) is 5.04. The molecule has 146 valence electrons. The minimum Gasteiger partial charge on any atom is -0.462 e. The van der Waals surface area contributed by atoms with E-state index in [0.717, 1.165) is 22.7 Å². The van der Waals surface area contributed by atoms with Crippen LogP contribution in [0.5, 0.6) is 0 Å². The number of rotatable bonds is 5. The maximum atomic E-state index is 12.8. The number of hydrogen-bond donors (Lipinski definition) is 1. The molecule has 0 fully saturated rings. The molecule has 0 aliphatic carbocycles. The standard InChI is InChI=1S/C20H15ClN4O3S/c1-11-10-13(12(2)25(11)15-7-4-3-6-14(15)21)17(26)18(27)22-20-24-23-19(29-20)16-8-5-9-28-16/h3-10H,1-2H3,(H,22,24,27). The molecule has 9 heteroatoms. The van der Waals surface area contributed by atoms with E-state index < -0.39 is 11.7 Å². The normalized spacial score (nSPS) is 10.9. The van der Waals surface area contributed by atoms with Gasteiger partial charge in [-0.1, -0.05) is 35.1 Å². The van der Waals surface area contributed by atoms with Gasteiger partial charge >= 0.3 is 0 Å². The molecule has 1 N–H and O–H groups in total. The Morgan fingerprint density at radius 2 is 1.93 bits per heavy atom. The first kappa shape index (κ1) is 19.1. The van der Waals surface area contributed by atoms with Crippen molar-refractivity contribution >= 4 is 39.8 Å². The number of amides is 1. The van der Waals surface area contributed by atoms with Crippen LogP contribution in [0.25, 0.3) is 16.5 Å². The minimum absolute atomic E-state index is 0.217. The minimum atomic E-state index is -0.786. The quantitative estimate of drug-likeness (QED) is 0.369. The van der Waals surface area contributed by atoms with E-state index >= 15 is 0 Å². The molecular formula is C20H15ClN4O3S. The van der Waals surface area contributed by atoms with Gasteiger partial charge in [-0.2, -0.15) is 0 Å². The van der Waals surface area contributed by atoms with Crippen molar-refractivity contribution in [2.24, 2.45) is 0 Å². The molecular weight excluding hydrogens is 412 g/mol. The fraction of sp³-hybridized carbons (Fsp3) is 0.100. The van der Waals surface area contributed by atoms with E-state index in [0.29, 0.717) is 27.0 Å². The van der Waals surface area contributed by atoms with Crippen molar-refractivity contribution < 1.29 is 14.0 Å². The number of aryl methyl sites for hydroxylation is 1. The number of carbonyl (C=O) groups excluding carboxylic acids is 2. The highest BCUT2D eigenvalue weighted by Crippen LogP contribution is 2.28. The SMILES string of the molecule is Cc1cc(C(=O)C(=O)Nc2nnc(-c3ccco3)s2)c(C)n1-c1ccccc1Cl. The lowest BCUT2D eigenvalue weighted by molar-refractivity contribution is -0.112. The van der Waals surface area contributed by atoms with Gasteiger partial charge in [0.25, 0.3) is 11.7 Å². The summed E-state index contributed by atoms with van der Waals surface area (Å²) >= 11 is 7.42. The van der Waals surface area contributed by atoms with Crippen molar-refractivity contribution in [2.45, 2.75) is 13.8 Å². The lowest BCUT2D eigenvalue weighted by atomic mass is 10.1. The van der Waals surface area contributed by atoms with Crippen LogP contribution in [0, 0.1) is 13.8 Å². The number of benzene rings is 1. The molecule has 0 aliphatic rings. The number of halogens is 1. The van der Waals surface area contributed by atoms with Gasteiger partial charge in [-0.3, -0.25) is 14.9 Å².